The summed E-state index contributed by atoms with van der Waals surface area (Å²) < 4.78 is 12.6. The Morgan fingerprint density at radius 1 is 1.07 bits per heavy atom. The predicted molar refractivity (Wildman–Crippen MR) is 61.7 cm³/mol. The van der Waals surface area contributed by atoms with Crippen molar-refractivity contribution in [2.75, 3.05) is 12.3 Å². The highest BCUT2D eigenvalue weighted by molar-refractivity contribution is 7.71. The van der Waals surface area contributed by atoms with Crippen LogP contribution in [0.25, 0.3) is 0 Å². The Labute approximate surface area is 85.9 Å². The molecule has 0 aliphatic carbocycles. The average molecular weight is 208 g/mol. The van der Waals surface area contributed by atoms with E-state index in [2.05, 4.69) is 13.8 Å². The van der Waals surface area contributed by atoms with Crippen molar-refractivity contribution >= 4 is 12.4 Å². The lowest BCUT2D eigenvalue weighted by atomic mass is 10.0. The van der Waals surface area contributed by atoms with Crippen molar-refractivity contribution < 1.29 is 4.57 Å². The monoisotopic (exact) mass is 208 g/mol. The first-order valence-corrected chi connectivity index (χ1v) is 7.33. The molecule has 1 heterocycles. The Kier molecular flexibility index (Phi) is 2.53. The molecular weight excluding hydrogens is 191 g/mol. The first-order valence-electron chi connectivity index (χ1n) is 5.25. The van der Waals surface area contributed by atoms with Gasteiger partial charge in [-0.1, -0.05) is 44.2 Å². The molecule has 14 heavy (non-hydrogen) atoms. The summed E-state index contributed by atoms with van der Waals surface area (Å²) in [4.78, 5) is 0. The largest absolute Gasteiger partial charge is 0.319 e. The van der Waals surface area contributed by atoms with E-state index in [-0.39, 0.29) is 0 Å². The van der Waals surface area contributed by atoms with Crippen LogP contribution < -0.4 is 5.30 Å². The molecule has 3 atom stereocenters. The van der Waals surface area contributed by atoms with Gasteiger partial charge in [-0.15, -0.1) is 0 Å². The molecule has 76 valence electrons. The number of rotatable bonds is 1. The smallest absolute Gasteiger partial charge is 0.116 e. The van der Waals surface area contributed by atoms with E-state index in [1.165, 1.54) is 0 Å². The van der Waals surface area contributed by atoms with Gasteiger partial charge in [0.25, 0.3) is 0 Å². The van der Waals surface area contributed by atoms with Gasteiger partial charge in [-0.25, -0.2) is 0 Å². The van der Waals surface area contributed by atoms with E-state index in [0.717, 1.165) is 17.6 Å². The third-order valence-corrected chi connectivity index (χ3v) is 6.93. The summed E-state index contributed by atoms with van der Waals surface area (Å²) in [5.41, 5.74) is 0. The Morgan fingerprint density at radius 3 is 2.07 bits per heavy atom. The van der Waals surface area contributed by atoms with E-state index in [1.54, 1.807) is 0 Å². The minimum absolute atomic E-state index is 0.612. The van der Waals surface area contributed by atoms with Gasteiger partial charge in [0, 0.05) is 17.6 Å². The normalized spacial score (nSPS) is 37.3. The summed E-state index contributed by atoms with van der Waals surface area (Å²) in [6.07, 6.45) is 1.80. The highest BCUT2D eigenvalue weighted by Crippen LogP contribution is 2.55. The molecule has 0 saturated carbocycles. The standard InChI is InChI=1S/C12H17OP/c1-10-8-14(13,9-11(10)2)12-6-4-3-5-7-12/h3-7,10-11H,8-9H2,1-2H3/t10-,11+,14?. The van der Waals surface area contributed by atoms with E-state index >= 15 is 0 Å². The van der Waals surface area contributed by atoms with E-state index in [1.807, 2.05) is 30.3 Å². The molecule has 1 saturated heterocycles. The van der Waals surface area contributed by atoms with E-state index in [9.17, 15) is 4.57 Å². The van der Waals surface area contributed by atoms with Crippen LogP contribution in [0.4, 0.5) is 0 Å². The maximum absolute atomic E-state index is 12.6. The molecule has 0 aromatic heterocycles. The van der Waals surface area contributed by atoms with E-state index in [4.69, 9.17) is 0 Å². The SMILES string of the molecule is C[C@@H]1CP(=O)(c2ccccc2)C[C@@H]1C. The molecule has 0 amide bonds. The lowest BCUT2D eigenvalue weighted by Crippen LogP contribution is -2.05. The van der Waals surface area contributed by atoms with Crippen molar-refractivity contribution in [2.24, 2.45) is 11.8 Å². The van der Waals surface area contributed by atoms with Gasteiger partial charge in [0.15, 0.2) is 0 Å². The Hall–Kier alpha value is -0.550. The van der Waals surface area contributed by atoms with Crippen LogP contribution in [0.2, 0.25) is 0 Å². The van der Waals surface area contributed by atoms with Crippen LogP contribution in [0.3, 0.4) is 0 Å². The molecule has 2 heteroatoms. The van der Waals surface area contributed by atoms with Gasteiger partial charge in [0.05, 0.1) is 0 Å². The van der Waals surface area contributed by atoms with Crippen LogP contribution >= 0.6 is 7.14 Å². The maximum Gasteiger partial charge on any atom is 0.116 e. The molecule has 1 aromatic carbocycles. The molecule has 1 aliphatic heterocycles. The molecule has 1 unspecified atom stereocenters. The van der Waals surface area contributed by atoms with Crippen LogP contribution in [-0.2, 0) is 4.57 Å². The summed E-state index contributed by atoms with van der Waals surface area (Å²) in [5.74, 6) is 1.22. The van der Waals surface area contributed by atoms with Crippen LogP contribution in [0.1, 0.15) is 13.8 Å². The zero-order chi connectivity index (χ0) is 10.2. The summed E-state index contributed by atoms with van der Waals surface area (Å²) in [7, 11) is -2.03. The Balaban J connectivity index is 2.32. The zero-order valence-corrected chi connectivity index (χ0v) is 9.71. The Morgan fingerprint density at radius 2 is 1.57 bits per heavy atom. The Bertz CT molecular complexity index is 344. The average Bonchev–Trinajstić information content (AvgIpc) is 2.44. The van der Waals surface area contributed by atoms with Crippen molar-refractivity contribution in [1.82, 2.24) is 0 Å². The molecule has 0 N–H and O–H groups in total. The maximum atomic E-state index is 12.6. The van der Waals surface area contributed by atoms with E-state index in [0.29, 0.717) is 11.8 Å². The second-order valence-corrected chi connectivity index (χ2v) is 7.57. The second-order valence-electron chi connectivity index (χ2n) is 4.54. The zero-order valence-electron chi connectivity index (χ0n) is 8.81. The third kappa shape index (κ3) is 1.66. The number of hydrogen-bond donors (Lipinski definition) is 0. The fourth-order valence-electron chi connectivity index (χ4n) is 2.28. The molecule has 1 aliphatic rings. The van der Waals surface area contributed by atoms with Crippen LogP contribution in [-0.4, -0.2) is 12.3 Å². The topological polar surface area (TPSA) is 17.1 Å². The fraction of sp³-hybridized carbons (Fsp3) is 0.500. The quantitative estimate of drug-likeness (QED) is 0.648. The van der Waals surface area contributed by atoms with Gasteiger partial charge in [0.2, 0.25) is 0 Å². The number of benzene rings is 1. The second kappa shape index (κ2) is 3.55. The van der Waals surface area contributed by atoms with Crippen LogP contribution in [0, 0.1) is 11.8 Å². The van der Waals surface area contributed by atoms with Gasteiger partial charge in [0.1, 0.15) is 7.14 Å². The summed E-state index contributed by atoms with van der Waals surface area (Å²) >= 11 is 0. The fourth-order valence-corrected chi connectivity index (χ4v) is 6.14. The van der Waals surface area contributed by atoms with Crippen LogP contribution in [0.5, 0.6) is 0 Å². The molecular formula is C12H17OP. The molecule has 0 radical (unpaired) electrons. The lowest BCUT2D eigenvalue weighted by Gasteiger charge is -2.11. The minimum atomic E-state index is -2.03. The van der Waals surface area contributed by atoms with Crippen molar-refractivity contribution in [1.29, 1.82) is 0 Å². The third-order valence-electron chi connectivity index (χ3n) is 3.36. The highest BCUT2D eigenvalue weighted by atomic mass is 31.2. The lowest BCUT2D eigenvalue weighted by molar-refractivity contribution is 0.494. The first-order chi connectivity index (χ1) is 6.62. The van der Waals surface area contributed by atoms with Gasteiger partial charge in [-0.3, -0.25) is 0 Å². The highest BCUT2D eigenvalue weighted by Gasteiger charge is 2.37. The molecule has 1 aromatic rings. The summed E-state index contributed by atoms with van der Waals surface area (Å²) in [6.45, 7) is 4.43. The van der Waals surface area contributed by atoms with Crippen molar-refractivity contribution in [3.63, 3.8) is 0 Å². The summed E-state index contributed by atoms with van der Waals surface area (Å²) in [5, 5.41) is 1.08. The van der Waals surface area contributed by atoms with Crippen molar-refractivity contribution in [2.45, 2.75) is 13.8 Å². The van der Waals surface area contributed by atoms with Crippen molar-refractivity contribution in [3.05, 3.63) is 30.3 Å². The van der Waals surface area contributed by atoms with Gasteiger partial charge in [-0.05, 0) is 11.8 Å². The van der Waals surface area contributed by atoms with Gasteiger partial charge < -0.3 is 4.57 Å². The predicted octanol–water partition coefficient (Wildman–Crippen LogP) is 2.96. The minimum Gasteiger partial charge on any atom is -0.319 e. The van der Waals surface area contributed by atoms with E-state index < -0.39 is 7.14 Å². The molecule has 1 nitrogen and oxygen atoms in total. The van der Waals surface area contributed by atoms with Gasteiger partial charge in [-0.2, -0.15) is 0 Å². The molecule has 0 bridgehead atoms. The van der Waals surface area contributed by atoms with Crippen LogP contribution in [0.15, 0.2) is 30.3 Å². The number of hydrogen-bond acceptors (Lipinski definition) is 1. The molecule has 1 fully saturated rings. The van der Waals surface area contributed by atoms with Gasteiger partial charge >= 0.3 is 0 Å². The molecule has 0 spiro atoms. The molecule has 2 rings (SSSR count). The van der Waals surface area contributed by atoms with Crippen molar-refractivity contribution in [3.8, 4) is 0 Å². The summed E-state index contributed by atoms with van der Waals surface area (Å²) in [6, 6.07) is 10.0. The first kappa shape index (κ1) is 9.98.